The van der Waals surface area contributed by atoms with Crippen molar-refractivity contribution in [3.05, 3.63) is 53.1 Å². The van der Waals surface area contributed by atoms with E-state index in [4.69, 9.17) is 16.3 Å². The number of alkyl halides is 2. The summed E-state index contributed by atoms with van der Waals surface area (Å²) in [7, 11) is 1.51. The predicted octanol–water partition coefficient (Wildman–Crippen LogP) is 4.88. The zero-order valence-corrected chi connectivity index (χ0v) is 20.9. The second-order valence-electron chi connectivity index (χ2n) is 8.36. The van der Waals surface area contributed by atoms with E-state index in [1.807, 2.05) is 0 Å². The Morgan fingerprint density at radius 3 is 2.19 bits per heavy atom. The molecule has 1 saturated heterocycles. The Morgan fingerprint density at radius 1 is 1.03 bits per heavy atom. The van der Waals surface area contributed by atoms with Gasteiger partial charge in [0.15, 0.2) is 0 Å². The number of amides is 3. The largest absolute Gasteiger partial charge is 0.495 e. The normalized spacial score (nSPS) is 30.6. The highest BCUT2D eigenvalue weighted by Crippen LogP contribution is 2.60. The lowest BCUT2D eigenvalue weighted by atomic mass is 9.81. The number of nitrogens with one attached hydrogen (secondary N) is 1. The number of ether oxygens (including phenoxy) is 1. The fourth-order valence-corrected chi connectivity index (χ4v) is 7.38. The first-order chi connectivity index (χ1) is 15.3. The van der Waals surface area contributed by atoms with Crippen LogP contribution >= 0.6 is 43.5 Å². The Kier molecular flexibility index (Phi) is 5.58. The fraction of sp³-hybridized carbons (Fsp3) is 0.348. The Labute approximate surface area is 206 Å². The van der Waals surface area contributed by atoms with Crippen LogP contribution in [0.4, 0.5) is 11.4 Å². The van der Waals surface area contributed by atoms with Crippen molar-refractivity contribution in [3.8, 4) is 5.75 Å². The van der Waals surface area contributed by atoms with Crippen molar-refractivity contribution < 1.29 is 19.1 Å². The van der Waals surface area contributed by atoms with Gasteiger partial charge in [0.25, 0.3) is 5.91 Å². The molecule has 0 aromatic heterocycles. The number of halogens is 3. The molecule has 2 bridgehead atoms. The molecule has 2 saturated carbocycles. The van der Waals surface area contributed by atoms with Crippen LogP contribution in [0.2, 0.25) is 5.02 Å². The van der Waals surface area contributed by atoms with E-state index in [0.29, 0.717) is 27.7 Å². The quantitative estimate of drug-likeness (QED) is 0.412. The van der Waals surface area contributed by atoms with Gasteiger partial charge < -0.3 is 10.1 Å². The smallest absolute Gasteiger partial charge is 0.255 e. The number of hydrogen-bond acceptors (Lipinski definition) is 4. The number of nitrogens with zero attached hydrogens (tertiary/aromatic N) is 1. The van der Waals surface area contributed by atoms with Crippen molar-refractivity contribution >= 4 is 72.6 Å². The van der Waals surface area contributed by atoms with E-state index in [1.165, 1.54) is 12.0 Å². The number of carbonyl (C=O) groups is 3. The van der Waals surface area contributed by atoms with Crippen LogP contribution in [0.15, 0.2) is 42.5 Å². The molecule has 3 aliphatic rings. The van der Waals surface area contributed by atoms with Crippen molar-refractivity contribution in [3.63, 3.8) is 0 Å². The molecule has 3 amide bonds. The second-order valence-corrected chi connectivity index (χ2v) is 10.9. The summed E-state index contributed by atoms with van der Waals surface area (Å²) in [5.41, 5.74) is 1.33. The Hall–Kier alpha value is -1.90. The Morgan fingerprint density at radius 2 is 1.62 bits per heavy atom. The third kappa shape index (κ3) is 3.30. The van der Waals surface area contributed by atoms with Crippen LogP contribution < -0.4 is 15.0 Å². The number of imide groups is 1. The van der Waals surface area contributed by atoms with Gasteiger partial charge in [0.2, 0.25) is 11.8 Å². The minimum atomic E-state index is -0.352. The zero-order valence-electron chi connectivity index (χ0n) is 16.9. The minimum Gasteiger partial charge on any atom is -0.495 e. The van der Waals surface area contributed by atoms with E-state index in [0.717, 1.165) is 6.42 Å². The molecule has 1 aliphatic heterocycles. The lowest BCUT2D eigenvalue weighted by Gasteiger charge is -2.28. The molecule has 166 valence electrons. The standard InChI is InChI=1S/C23H19Br2ClN2O4/c1-32-16-7-4-11(26)8-15(16)27-21(29)10-2-5-12(6-3-10)28-22(30)17-13-9-14(18(17)23(28)31)20(25)19(13)24/h2-8,13-14,17-20H,9H2,1H3,(H,27,29)/t13-,14-,17-,18+,19-,20+/m1/s1. The van der Waals surface area contributed by atoms with Crippen LogP contribution in [0, 0.1) is 23.7 Å². The van der Waals surface area contributed by atoms with Crippen LogP contribution in [-0.2, 0) is 9.59 Å². The van der Waals surface area contributed by atoms with Crippen molar-refractivity contribution in [1.82, 2.24) is 0 Å². The van der Waals surface area contributed by atoms with Crippen LogP contribution in [0.5, 0.6) is 5.75 Å². The maximum atomic E-state index is 13.2. The molecule has 1 N–H and O–H groups in total. The average molecular weight is 583 g/mol. The van der Waals surface area contributed by atoms with E-state index in [2.05, 4.69) is 37.2 Å². The fourth-order valence-electron chi connectivity index (χ4n) is 5.34. The Bertz CT molecular complexity index is 1090. The summed E-state index contributed by atoms with van der Waals surface area (Å²) in [4.78, 5) is 40.7. The van der Waals surface area contributed by atoms with E-state index in [-0.39, 0.29) is 51.0 Å². The number of methoxy groups -OCH3 is 1. The second kappa shape index (κ2) is 8.15. The molecular formula is C23H19Br2ClN2O4. The molecule has 32 heavy (non-hydrogen) atoms. The van der Waals surface area contributed by atoms with Gasteiger partial charge in [0.1, 0.15) is 5.75 Å². The maximum Gasteiger partial charge on any atom is 0.255 e. The number of benzene rings is 2. The van der Waals surface area contributed by atoms with Gasteiger partial charge in [-0.2, -0.15) is 0 Å². The van der Waals surface area contributed by atoms with E-state index >= 15 is 0 Å². The summed E-state index contributed by atoms with van der Waals surface area (Å²) in [6, 6.07) is 11.4. The third-order valence-electron chi connectivity index (χ3n) is 6.78. The number of hydrogen-bond donors (Lipinski definition) is 1. The number of carbonyl (C=O) groups excluding carboxylic acids is 3. The van der Waals surface area contributed by atoms with Gasteiger partial charge in [-0.25, -0.2) is 0 Å². The summed E-state index contributed by atoms with van der Waals surface area (Å²) in [6.45, 7) is 0. The highest BCUT2D eigenvalue weighted by molar-refractivity contribution is 9.12. The average Bonchev–Trinajstić information content (AvgIpc) is 3.39. The first-order valence-corrected chi connectivity index (χ1v) is 12.4. The van der Waals surface area contributed by atoms with E-state index in [1.54, 1.807) is 42.5 Å². The Balaban J connectivity index is 1.36. The summed E-state index contributed by atoms with van der Waals surface area (Å²) < 4.78 is 5.26. The number of anilines is 2. The number of fused-ring (bicyclic) bond motifs is 5. The highest BCUT2D eigenvalue weighted by atomic mass is 79.9. The third-order valence-corrected chi connectivity index (χ3v) is 10.2. The molecule has 0 radical (unpaired) electrons. The monoisotopic (exact) mass is 580 g/mol. The lowest BCUT2D eigenvalue weighted by molar-refractivity contribution is -0.123. The van der Waals surface area contributed by atoms with Crippen LogP contribution in [0.3, 0.4) is 0 Å². The van der Waals surface area contributed by atoms with Gasteiger partial charge >= 0.3 is 0 Å². The van der Waals surface area contributed by atoms with E-state index in [9.17, 15) is 14.4 Å². The summed E-state index contributed by atoms with van der Waals surface area (Å²) in [6.07, 6.45) is 0.887. The van der Waals surface area contributed by atoms with Gasteiger partial charge in [-0.3, -0.25) is 19.3 Å². The van der Waals surface area contributed by atoms with Crippen molar-refractivity contribution in [1.29, 1.82) is 0 Å². The van der Waals surface area contributed by atoms with Crippen LogP contribution in [0.25, 0.3) is 0 Å². The molecule has 9 heteroatoms. The lowest BCUT2D eigenvalue weighted by Crippen LogP contribution is -2.37. The number of rotatable bonds is 4. The topological polar surface area (TPSA) is 75.7 Å². The first-order valence-electron chi connectivity index (χ1n) is 10.2. The van der Waals surface area contributed by atoms with Crippen LogP contribution in [0.1, 0.15) is 16.8 Å². The van der Waals surface area contributed by atoms with Gasteiger partial charge in [-0.05, 0) is 60.7 Å². The van der Waals surface area contributed by atoms with Crippen molar-refractivity contribution in [2.75, 3.05) is 17.3 Å². The summed E-state index contributed by atoms with van der Waals surface area (Å²) >= 11 is 13.4. The first kappa shape index (κ1) is 21.9. The summed E-state index contributed by atoms with van der Waals surface area (Å²) in [5, 5.41) is 3.25. The molecule has 0 spiro atoms. The molecule has 6 nitrogen and oxygen atoms in total. The molecule has 2 aliphatic carbocycles. The molecule has 2 aromatic carbocycles. The van der Waals surface area contributed by atoms with Crippen molar-refractivity contribution in [2.24, 2.45) is 23.7 Å². The maximum absolute atomic E-state index is 13.2. The SMILES string of the molecule is COc1ccc(Cl)cc1NC(=O)c1ccc(N2C(=O)[C@@H]3[C@H]4C[C@@H]([C@H](Br)[C@@H]4Br)[C@@H]3C2=O)cc1. The predicted molar refractivity (Wildman–Crippen MR) is 129 cm³/mol. The molecule has 3 fully saturated rings. The molecule has 5 rings (SSSR count). The molecular weight excluding hydrogens is 564 g/mol. The van der Waals surface area contributed by atoms with Gasteiger partial charge in [0, 0.05) is 20.2 Å². The molecule has 6 atom stereocenters. The minimum absolute atomic E-state index is 0.141. The molecule has 2 aromatic rings. The molecule has 1 heterocycles. The van der Waals surface area contributed by atoms with Crippen LogP contribution in [-0.4, -0.2) is 34.5 Å². The zero-order chi connectivity index (χ0) is 22.7. The van der Waals surface area contributed by atoms with Crippen molar-refractivity contribution in [2.45, 2.75) is 16.1 Å². The van der Waals surface area contributed by atoms with E-state index < -0.39 is 0 Å². The van der Waals surface area contributed by atoms with Gasteiger partial charge in [-0.1, -0.05) is 43.5 Å². The van der Waals surface area contributed by atoms with Gasteiger partial charge in [-0.15, -0.1) is 0 Å². The van der Waals surface area contributed by atoms with Gasteiger partial charge in [0.05, 0.1) is 30.3 Å². The highest BCUT2D eigenvalue weighted by Gasteiger charge is 2.66. The molecule has 0 unspecified atom stereocenters. The summed E-state index contributed by atoms with van der Waals surface area (Å²) in [5.74, 6) is -0.371.